The first kappa shape index (κ1) is 8.36. The van der Waals surface area contributed by atoms with E-state index in [9.17, 15) is 0 Å². The van der Waals surface area contributed by atoms with Gasteiger partial charge in [-0.05, 0) is 37.0 Å². The van der Waals surface area contributed by atoms with Crippen LogP contribution in [0.15, 0.2) is 29.8 Å². The van der Waals surface area contributed by atoms with Crippen LogP contribution in [-0.4, -0.2) is 7.11 Å². The van der Waals surface area contributed by atoms with E-state index in [2.05, 4.69) is 18.2 Å². The zero-order valence-electron chi connectivity index (χ0n) is 7.92. The molecule has 1 nitrogen and oxygen atoms in total. The quantitative estimate of drug-likeness (QED) is 0.668. The average molecular weight is 174 g/mol. The van der Waals surface area contributed by atoms with Gasteiger partial charge in [0.05, 0.1) is 7.11 Å². The Bertz CT molecular complexity index is 302. The first-order valence-corrected chi connectivity index (χ1v) is 4.72. The van der Waals surface area contributed by atoms with Crippen LogP contribution in [0.4, 0.5) is 0 Å². The summed E-state index contributed by atoms with van der Waals surface area (Å²) in [5.74, 6) is 0.927. The minimum absolute atomic E-state index is 0.927. The highest BCUT2D eigenvalue weighted by Gasteiger charge is 2.07. The molecule has 13 heavy (non-hydrogen) atoms. The fourth-order valence-corrected chi connectivity index (χ4v) is 1.46. The van der Waals surface area contributed by atoms with Crippen molar-refractivity contribution in [3.8, 4) is 5.75 Å². The Morgan fingerprint density at radius 1 is 1.15 bits per heavy atom. The Morgan fingerprint density at radius 3 is 2.31 bits per heavy atom. The van der Waals surface area contributed by atoms with Gasteiger partial charge in [0.2, 0.25) is 0 Å². The molecule has 0 radical (unpaired) electrons. The van der Waals surface area contributed by atoms with Gasteiger partial charge in [0.1, 0.15) is 5.75 Å². The smallest absolute Gasteiger partial charge is 0.118 e. The Kier molecular flexibility index (Phi) is 2.35. The summed E-state index contributed by atoms with van der Waals surface area (Å²) in [5, 5.41) is 0. The van der Waals surface area contributed by atoms with Crippen LogP contribution in [0.2, 0.25) is 0 Å². The fourth-order valence-electron chi connectivity index (χ4n) is 1.46. The molecule has 1 saturated carbocycles. The Morgan fingerprint density at radius 2 is 1.85 bits per heavy atom. The number of ether oxygens (including phenoxy) is 1. The molecule has 1 aromatic rings. The Balaban J connectivity index is 2.13. The van der Waals surface area contributed by atoms with Crippen molar-refractivity contribution < 1.29 is 4.74 Å². The normalized spacial score (nSPS) is 15.0. The topological polar surface area (TPSA) is 9.23 Å². The van der Waals surface area contributed by atoms with E-state index in [1.807, 2.05) is 12.1 Å². The highest BCUT2D eigenvalue weighted by molar-refractivity contribution is 5.55. The summed E-state index contributed by atoms with van der Waals surface area (Å²) in [6, 6.07) is 8.21. The lowest BCUT2D eigenvalue weighted by molar-refractivity contribution is 0.415. The van der Waals surface area contributed by atoms with Crippen molar-refractivity contribution in [2.75, 3.05) is 7.11 Å². The zero-order valence-corrected chi connectivity index (χ0v) is 7.92. The second-order valence-electron chi connectivity index (χ2n) is 3.43. The maximum absolute atomic E-state index is 5.09. The molecule has 0 unspecified atom stereocenters. The van der Waals surface area contributed by atoms with E-state index < -0.39 is 0 Å². The molecule has 1 fully saturated rings. The van der Waals surface area contributed by atoms with E-state index in [1.54, 1.807) is 12.7 Å². The Labute approximate surface area is 79.0 Å². The van der Waals surface area contributed by atoms with Crippen LogP contribution in [0.3, 0.4) is 0 Å². The van der Waals surface area contributed by atoms with Gasteiger partial charge in [0.15, 0.2) is 0 Å². The van der Waals surface area contributed by atoms with E-state index in [0.29, 0.717) is 0 Å². The summed E-state index contributed by atoms with van der Waals surface area (Å²) < 4.78 is 5.09. The van der Waals surface area contributed by atoms with E-state index in [1.165, 1.54) is 24.8 Å². The first-order valence-electron chi connectivity index (χ1n) is 4.72. The number of allylic oxidation sites excluding steroid dienone is 1. The van der Waals surface area contributed by atoms with Gasteiger partial charge in [0, 0.05) is 0 Å². The van der Waals surface area contributed by atoms with Crippen molar-refractivity contribution >= 4 is 6.08 Å². The summed E-state index contributed by atoms with van der Waals surface area (Å²) in [7, 11) is 1.69. The van der Waals surface area contributed by atoms with Gasteiger partial charge < -0.3 is 4.74 Å². The fraction of sp³-hybridized carbons (Fsp3) is 0.333. The van der Waals surface area contributed by atoms with Gasteiger partial charge in [-0.3, -0.25) is 0 Å². The summed E-state index contributed by atoms with van der Waals surface area (Å²) in [6.07, 6.45) is 6.21. The molecule has 1 aromatic carbocycles. The van der Waals surface area contributed by atoms with Gasteiger partial charge in [-0.2, -0.15) is 0 Å². The molecule has 0 heterocycles. The highest BCUT2D eigenvalue weighted by Crippen LogP contribution is 2.27. The molecule has 0 aromatic heterocycles. The van der Waals surface area contributed by atoms with E-state index in [-0.39, 0.29) is 0 Å². The molecule has 1 heteroatoms. The van der Waals surface area contributed by atoms with Crippen molar-refractivity contribution in [2.45, 2.75) is 19.3 Å². The van der Waals surface area contributed by atoms with Crippen LogP contribution in [0.25, 0.3) is 6.08 Å². The second kappa shape index (κ2) is 3.65. The van der Waals surface area contributed by atoms with Gasteiger partial charge in [-0.1, -0.05) is 23.8 Å². The number of hydrogen-bond acceptors (Lipinski definition) is 1. The third-order valence-electron chi connectivity index (χ3n) is 2.48. The highest BCUT2D eigenvalue weighted by atomic mass is 16.5. The molecule has 2 rings (SSSR count). The standard InChI is InChI=1S/C12H14O/c1-13-12-7-5-11(6-8-12)9-10-3-2-4-10/h5-9H,2-4H2,1H3. The van der Waals surface area contributed by atoms with Crippen LogP contribution < -0.4 is 4.74 Å². The number of methoxy groups -OCH3 is 1. The molecule has 1 aliphatic carbocycles. The predicted molar refractivity (Wildman–Crippen MR) is 54.8 cm³/mol. The van der Waals surface area contributed by atoms with Gasteiger partial charge >= 0.3 is 0 Å². The second-order valence-corrected chi connectivity index (χ2v) is 3.43. The summed E-state index contributed by atoms with van der Waals surface area (Å²) in [4.78, 5) is 0. The molecule has 0 N–H and O–H groups in total. The molecule has 0 atom stereocenters. The maximum atomic E-state index is 5.09. The molecule has 0 aliphatic heterocycles. The monoisotopic (exact) mass is 174 g/mol. The van der Waals surface area contributed by atoms with E-state index in [0.717, 1.165) is 5.75 Å². The summed E-state index contributed by atoms with van der Waals surface area (Å²) in [5.41, 5.74) is 2.86. The van der Waals surface area contributed by atoms with Crippen molar-refractivity contribution in [2.24, 2.45) is 0 Å². The van der Waals surface area contributed by atoms with Crippen LogP contribution in [-0.2, 0) is 0 Å². The average Bonchev–Trinajstić information content (AvgIpc) is 2.12. The third-order valence-corrected chi connectivity index (χ3v) is 2.48. The molecule has 0 saturated heterocycles. The van der Waals surface area contributed by atoms with E-state index in [4.69, 9.17) is 4.74 Å². The maximum Gasteiger partial charge on any atom is 0.118 e. The predicted octanol–water partition coefficient (Wildman–Crippen LogP) is 3.26. The van der Waals surface area contributed by atoms with E-state index >= 15 is 0 Å². The van der Waals surface area contributed by atoms with Crippen LogP contribution in [0, 0.1) is 0 Å². The van der Waals surface area contributed by atoms with Gasteiger partial charge in [0.25, 0.3) is 0 Å². The van der Waals surface area contributed by atoms with Crippen molar-refractivity contribution in [3.05, 3.63) is 35.4 Å². The molecule has 1 aliphatic rings. The van der Waals surface area contributed by atoms with Crippen LogP contribution >= 0.6 is 0 Å². The Hall–Kier alpha value is -1.24. The minimum atomic E-state index is 0.927. The van der Waals surface area contributed by atoms with Gasteiger partial charge in [-0.15, -0.1) is 0 Å². The molecule has 0 bridgehead atoms. The lowest BCUT2D eigenvalue weighted by Gasteiger charge is -2.15. The molecular formula is C12H14O. The SMILES string of the molecule is COc1ccc(C=C2CCC2)cc1. The van der Waals surface area contributed by atoms with Crippen molar-refractivity contribution in [3.63, 3.8) is 0 Å². The summed E-state index contributed by atoms with van der Waals surface area (Å²) >= 11 is 0. The number of benzene rings is 1. The lowest BCUT2D eigenvalue weighted by Crippen LogP contribution is -1.95. The molecular weight excluding hydrogens is 160 g/mol. The third kappa shape index (κ3) is 1.92. The lowest BCUT2D eigenvalue weighted by atomic mass is 9.91. The van der Waals surface area contributed by atoms with Crippen molar-refractivity contribution in [1.29, 1.82) is 0 Å². The molecule has 0 spiro atoms. The van der Waals surface area contributed by atoms with Crippen LogP contribution in [0.1, 0.15) is 24.8 Å². The molecule has 68 valence electrons. The van der Waals surface area contributed by atoms with Crippen molar-refractivity contribution in [1.82, 2.24) is 0 Å². The minimum Gasteiger partial charge on any atom is -0.497 e. The zero-order chi connectivity index (χ0) is 9.10. The molecule has 0 amide bonds. The number of hydrogen-bond donors (Lipinski definition) is 0. The van der Waals surface area contributed by atoms with Crippen LogP contribution in [0.5, 0.6) is 5.75 Å². The first-order chi connectivity index (χ1) is 6.38. The summed E-state index contributed by atoms with van der Waals surface area (Å²) in [6.45, 7) is 0. The number of rotatable bonds is 2. The largest absolute Gasteiger partial charge is 0.497 e. The van der Waals surface area contributed by atoms with Gasteiger partial charge in [-0.25, -0.2) is 0 Å².